The van der Waals surface area contributed by atoms with Crippen LogP contribution < -0.4 is 0 Å². The van der Waals surface area contributed by atoms with Gasteiger partial charge in [0.05, 0.1) is 9.82 Å². The molecule has 5 heteroatoms. The Hall–Kier alpha value is -2.01. The third-order valence-corrected chi connectivity index (χ3v) is 3.43. The first-order valence-electron chi connectivity index (χ1n) is 5.28. The molecule has 0 aliphatic heterocycles. The molecule has 4 nitrogen and oxygen atoms in total. The summed E-state index contributed by atoms with van der Waals surface area (Å²) < 4.78 is 0. The van der Waals surface area contributed by atoms with Crippen LogP contribution in [0.5, 0.6) is 5.75 Å². The molecule has 0 saturated heterocycles. The highest BCUT2D eigenvalue weighted by Gasteiger charge is 2.14. The quantitative estimate of drug-likeness (QED) is 0.675. The number of benzene rings is 2. The molecular weight excluding hydrogens is 250 g/mol. The zero-order valence-electron chi connectivity index (χ0n) is 9.66. The van der Waals surface area contributed by atoms with Gasteiger partial charge in [0.15, 0.2) is 0 Å². The molecule has 0 spiro atoms. The molecule has 2 aromatic rings. The van der Waals surface area contributed by atoms with Crippen molar-refractivity contribution in [3.05, 3.63) is 58.1 Å². The van der Waals surface area contributed by atoms with Crippen LogP contribution in [0.4, 0.5) is 5.69 Å². The van der Waals surface area contributed by atoms with Gasteiger partial charge in [-0.05, 0) is 42.8 Å². The van der Waals surface area contributed by atoms with Gasteiger partial charge in [-0.1, -0.05) is 17.8 Å². The lowest BCUT2D eigenvalue weighted by molar-refractivity contribution is -0.387. The van der Waals surface area contributed by atoms with Crippen molar-refractivity contribution in [3.8, 4) is 5.75 Å². The number of hydrogen-bond acceptors (Lipinski definition) is 4. The summed E-state index contributed by atoms with van der Waals surface area (Å²) >= 11 is 1.31. The van der Waals surface area contributed by atoms with Gasteiger partial charge in [-0.15, -0.1) is 0 Å². The molecule has 0 bridgehead atoms. The van der Waals surface area contributed by atoms with Crippen LogP contribution in [0.15, 0.2) is 52.3 Å². The van der Waals surface area contributed by atoms with E-state index in [2.05, 4.69) is 0 Å². The topological polar surface area (TPSA) is 63.4 Å². The second-order valence-electron chi connectivity index (χ2n) is 3.82. The molecule has 0 atom stereocenters. The highest BCUT2D eigenvalue weighted by atomic mass is 32.2. The minimum Gasteiger partial charge on any atom is -0.508 e. The van der Waals surface area contributed by atoms with Gasteiger partial charge in [0.2, 0.25) is 0 Å². The molecule has 0 fully saturated rings. The van der Waals surface area contributed by atoms with Crippen LogP contribution in [0.25, 0.3) is 0 Å². The average molecular weight is 261 g/mol. The third-order valence-electron chi connectivity index (χ3n) is 2.38. The van der Waals surface area contributed by atoms with Crippen molar-refractivity contribution >= 4 is 17.4 Å². The molecule has 0 heterocycles. The zero-order chi connectivity index (χ0) is 13.1. The van der Waals surface area contributed by atoms with Crippen LogP contribution in [0.3, 0.4) is 0 Å². The summed E-state index contributed by atoms with van der Waals surface area (Å²) in [5.41, 5.74) is 1.07. The molecule has 1 N–H and O–H groups in total. The molecule has 0 aliphatic carbocycles. The van der Waals surface area contributed by atoms with Gasteiger partial charge in [0.25, 0.3) is 5.69 Å². The minimum atomic E-state index is -0.387. The van der Waals surface area contributed by atoms with Crippen molar-refractivity contribution < 1.29 is 10.0 Å². The van der Waals surface area contributed by atoms with Crippen LogP contribution in [0.1, 0.15) is 5.56 Å². The maximum absolute atomic E-state index is 10.9. The summed E-state index contributed by atoms with van der Waals surface area (Å²) in [6.45, 7) is 1.89. The molecule has 2 rings (SSSR count). The summed E-state index contributed by atoms with van der Waals surface area (Å²) in [6.07, 6.45) is 0. The van der Waals surface area contributed by atoms with E-state index in [-0.39, 0.29) is 16.4 Å². The van der Waals surface area contributed by atoms with Gasteiger partial charge in [-0.25, -0.2) is 0 Å². The van der Waals surface area contributed by atoms with Crippen LogP contribution >= 0.6 is 11.8 Å². The number of rotatable bonds is 3. The normalized spacial score (nSPS) is 10.3. The Kier molecular flexibility index (Phi) is 3.53. The Balaban J connectivity index is 2.35. The molecule has 0 aromatic heterocycles. The Bertz CT molecular complexity index is 581. The zero-order valence-corrected chi connectivity index (χ0v) is 10.5. The van der Waals surface area contributed by atoms with E-state index in [0.717, 1.165) is 10.5 Å². The first-order valence-corrected chi connectivity index (χ1v) is 6.10. The Labute approximate surface area is 108 Å². The largest absolute Gasteiger partial charge is 0.508 e. The lowest BCUT2D eigenvalue weighted by Gasteiger charge is -2.04. The van der Waals surface area contributed by atoms with E-state index in [9.17, 15) is 15.2 Å². The first-order chi connectivity index (χ1) is 8.56. The smallest absolute Gasteiger partial charge is 0.283 e. The number of nitrogens with zero attached hydrogens (tertiary/aromatic N) is 1. The Morgan fingerprint density at radius 2 is 1.83 bits per heavy atom. The lowest BCUT2D eigenvalue weighted by Crippen LogP contribution is -1.91. The van der Waals surface area contributed by atoms with Crippen molar-refractivity contribution in [2.45, 2.75) is 16.7 Å². The fraction of sp³-hybridized carbons (Fsp3) is 0.0769. The molecule has 0 unspecified atom stereocenters. The van der Waals surface area contributed by atoms with E-state index in [0.29, 0.717) is 4.90 Å². The SMILES string of the molecule is Cc1ccc([N+](=O)[O-])c(Sc2ccc(O)cc2)c1. The molecule has 2 aromatic carbocycles. The van der Waals surface area contributed by atoms with Crippen molar-refractivity contribution in [1.29, 1.82) is 0 Å². The van der Waals surface area contributed by atoms with Crippen molar-refractivity contribution in [3.63, 3.8) is 0 Å². The van der Waals surface area contributed by atoms with E-state index >= 15 is 0 Å². The number of phenolic OH excluding ortho intramolecular Hbond substituents is 1. The highest BCUT2D eigenvalue weighted by Crippen LogP contribution is 2.35. The van der Waals surface area contributed by atoms with Crippen LogP contribution in [0.2, 0.25) is 0 Å². The molecular formula is C13H11NO3S. The van der Waals surface area contributed by atoms with Crippen LogP contribution in [-0.4, -0.2) is 10.0 Å². The number of hydrogen-bond donors (Lipinski definition) is 1. The van der Waals surface area contributed by atoms with Gasteiger partial charge < -0.3 is 5.11 Å². The van der Waals surface area contributed by atoms with Crippen LogP contribution in [0, 0.1) is 17.0 Å². The van der Waals surface area contributed by atoms with Gasteiger partial charge in [-0.2, -0.15) is 0 Å². The van der Waals surface area contributed by atoms with E-state index in [1.54, 1.807) is 36.4 Å². The number of nitro benzene ring substituents is 1. The van der Waals surface area contributed by atoms with Crippen molar-refractivity contribution in [2.75, 3.05) is 0 Å². The fourth-order valence-corrected chi connectivity index (χ4v) is 2.51. The number of nitro groups is 1. The van der Waals surface area contributed by atoms with E-state index in [1.807, 2.05) is 6.92 Å². The number of aromatic hydroxyl groups is 1. The molecule has 18 heavy (non-hydrogen) atoms. The van der Waals surface area contributed by atoms with Crippen molar-refractivity contribution in [2.24, 2.45) is 0 Å². The summed E-state index contributed by atoms with van der Waals surface area (Å²) in [6, 6.07) is 11.6. The third kappa shape index (κ3) is 2.81. The molecule has 0 amide bonds. The van der Waals surface area contributed by atoms with Gasteiger partial charge >= 0.3 is 0 Å². The second-order valence-corrected chi connectivity index (χ2v) is 4.94. The average Bonchev–Trinajstić information content (AvgIpc) is 2.32. The molecule has 0 aliphatic rings. The summed E-state index contributed by atoms with van der Waals surface area (Å²) in [4.78, 5) is 12.0. The van der Waals surface area contributed by atoms with Gasteiger partial charge in [-0.3, -0.25) is 10.1 Å². The van der Waals surface area contributed by atoms with Crippen molar-refractivity contribution in [1.82, 2.24) is 0 Å². The molecule has 92 valence electrons. The maximum atomic E-state index is 10.9. The molecule has 0 saturated carbocycles. The number of aryl methyl sites for hydroxylation is 1. The van der Waals surface area contributed by atoms with E-state index in [1.165, 1.54) is 17.8 Å². The monoisotopic (exact) mass is 261 g/mol. The molecule has 0 radical (unpaired) electrons. The van der Waals surface area contributed by atoms with E-state index < -0.39 is 0 Å². The predicted molar refractivity (Wildman–Crippen MR) is 70.1 cm³/mol. The highest BCUT2D eigenvalue weighted by molar-refractivity contribution is 7.99. The van der Waals surface area contributed by atoms with Gasteiger partial charge in [0, 0.05) is 11.0 Å². The predicted octanol–water partition coefficient (Wildman–Crippen LogP) is 3.76. The summed E-state index contributed by atoms with van der Waals surface area (Å²) in [5.74, 6) is 0.179. The maximum Gasteiger partial charge on any atom is 0.283 e. The van der Waals surface area contributed by atoms with E-state index in [4.69, 9.17) is 0 Å². The Morgan fingerprint density at radius 1 is 1.17 bits per heavy atom. The standard InChI is InChI=1S/C13H11NO3S/c1-9-2-7-12(14(16)17)13(8-9)18-11-5-3-10(15)4-6-11/h2-8,15H,1H3. The summed E-state index contributed by atoms with van der Waals surface area (Å²) in [7, 11) is 0. The van der Waals surface area contributed by atoms with Gasteiger partial charge in [0.1, 0.15) is 5.75 Å². The summed E-state index contributed by atoms with van der Waals surface area (Å²) in [5, 5.41) is 20.1. The van der Waals surface area contributed by atoms with Crippen LogP contribution in [-0.2, 0) is 0 Å². The fourth-order valence-electron chi connectivity index (χ4n) is 1.50. The lowest BCUT2D eigenvalue weighted by atomic mass is 10.2. The first kappa shape index (κ1) is 12.4. The Morgan fingerprint density at radius 3 is 2.44 bits per heavy atom. The number of phenols is 1. The minimum absolute atomic E-state index is 0.0960. The second kappa shape index (κ2) is 5.10.